The molecule has 0 radical (unpaired) electrons. The number of nitrogens with one attached hydrogen (secondary N) is 1. The zero-order valence-electron chi connectivity index (χ0n) is 13.3. The molecule has 2 aliphatic rings. The summed E-state index contributed by atoms with van der Waals surface area (Å²) in [6.07, 6.45) is 3.94. The van der Waals surface area contributed by atoms with Crippen LogP contribution in [0.25, 0.3) is 0 Å². The fourth-order valence-corrected chi connectivity index (χ4v) is 3.88. The molecule has 1 aromatic rings. The Kier molecular flexibility index (Phi) is 8.45. The van der Waals surface area contributed by atoms with Crippen LogP contribution in [0.15, 0.2) is 16.6 Å². The lowest BCUT2D eigenvalue weighted by Crippen LogP contribution is -2.47. The fraction of sp³-hybridized carbons (Fsp3) is 0.625. The van der Waals surface area contributed by atoms with Crippen LogP contribution in [0.4, 0.5) is 0 Å². The zero-order valence-corrected chi connectivity index (χ0v) is 16.5. The van der Waals surface area contributed by atoms with Crippen molar-refractivity contribution < 1.29 is 9.84 Å². The largest absolute Gasteiger partial charge is 0.503 e. The van der Waals surface area contributed by atoms with Crippen LogP contribution in [0, 0.1) is 5.92 Å². The van der Waals surface area contributed by atoms with E-state index in [9.17, 15) is 5.11 Å². The maximum Gasteiger partial charge on any atom is 0.172 e. The number of piperazine rings is 1. The summed E-state index contributed by atoms with van der Waals surface area (Å²) >= 11 is 3.46. The van der Waals surface area contributed by atoms with Gasteiger partial charge in [-0.05, 0) is 52.4 Å². The number of ether oxygens (including phenoxy) is 1. The minimum absolute atomic E-state index is 0. The normalized spacial score (nSPS) is 19.9. The number of halogens is 3. The van der Waals surface area contributed by atoms with Gasteiger partial charge >= 0.3 is 0 Å². The second-order valence-electron chi connectivity index (χ2n) is 5.98. The molecule has 2 N–H and O–H groups in total. The van der Waals surface area contributed by atoms with Crippen molar-refractivity contribution in [3.63, 3.8) is 0 Å². The summed E-state index contributed by atoms with van der Waals surface area (Å²) < 4.78 is 6.04. The molecule has 1 aliphatic carbocycles. The first-order valence-electron chi connectivity index (χ1n) is 7.72. The number of phenols is 1. The minimum Gasteiger partial charge on any atom is -0.503 e. The molecule has 2 fully saturated rings. The second-order valence-corrected chi connectivity index (χ2v) is 6.83. The van der Waals surface area contributed by atoms with Gasteiger partial charge < -0.3 is 15.2 Å². The molecule has 23 heavy (non-hydrogen) atoms. The molecule has 4 nitrogen and oxygen atoms in total. The number of methoxy groups -OCH3 is 1. The fourth-order valence-electron chi connectivity index (χ4n) is 3.42. The Morgan fingerprint density at radius 3 is 2.43 bits per heavy atom. The predicted molar refractivity (Wildman–Crippen MR) is 101 cm³/mol. The minimum atomic E-state index is 0. The van der Waals surface area contributed by atoms with Crippen molar-refractivity contribution in [1.29, 1.82) is 0 Å². The third kappa shape index (κ3) is 4.45. The van der Waals surface area contributed by atoms with Crippen molar-refractivity contribution in [3.05, 3.63) is 22.2 Å². The van der Waals surface area contributed by atoms with E-state index in [1.807, 2.05) is 6.07 Å². The summed E-state index contributed by atoms with van der Waals surface area (Å²) in [7, 11) is 1.61. The molecule has 3 rings (SSSR count). The molecule has 0 unspecified atom stereocenters. The number of hydrogen-bond acceptors (Lipinski definition) is 4. The first kappa shape index (κ1) is 20.8. The van der Waals surface area contributed by atoms with E-state index in [1.54, 1.807) is 7.11 Å². The van der Waals surface area contributed by atoms with Crippen molar-refractivity contribution in [2.75, 3.05) is 33.3 Å². The van der Waals surface area contributed by atoms with Crippen LogP contribution in [0.5, 0.6) is 11.5 Å². The van der Waals surface area contributed by atoms with E-state index in [2.05, 4.69) is 32.2 Å². The standard InChI is InChI=1S/C16H23BrN2O2.2ClH/c1-21-14-10-12(9-13(17)16(14)20)15(11-3-2-4-11)19-7-5-18-6-8-19;;/h9-11,15,18,20H,2-8H2,1H3;2*1H/t15-;;/m0../s1. The van der Waals surface area contributed by atoms with Crippen molar-refractivity contribution in [2.45, 2.75) is 25.3 Å². The van der Waals surface area contributed by atoms with Crippen LogP contribution in [-0.4, -0.2) is 43.3 Å². The van der Waals surface area contributed by atoms with Gasteiger partial charge in [-0.1, -0.05) is 6.42 Å². The lowest BCUT2D eigenvalue weighted by atomic mass is 9.76. The maximum atomic E-state index is 10.0. The number of benzene rings is 1. The van der Waals surface area contributed by atoms with Gasteiger partial charge in [-0.3, -0.25) is 4.90 Å². The van der Waals surface area contributed by atoms with Crippen molar-refractivity contribution >= 4 is 40.7 Å². The molecule has 0 spiro atoms. The summed E-state index contributed by atoms with van der Waals surface area (Å²) in [5.41, 5.74) is 1.25. The van der Waals surface area contributed by atoms with Gasteiger partial charge in [0.15, 0.2) is 11.5 Å². The van der Waals surface area contributed by atoms with Gasteiger partial charge in [-0.25, -0.2) is 0 Å². The Morgan fingerprint density at radius 1 is 1.26 bits per heavy atom. The molecule has 1 aliphatic heterocycles. The van der Waals surface area contributed by atoms with E-state index in [1.165, 1.54) is 24.8 Å². The molecule has 1 saturated heterocycles. The predicted octanol–water partition coefficient (Wildman–Crippen LogP) is 3.75. The highest BCUT2D eigenvalue weighted by Gasteiger charge is 2.34. The lowest BCUT2D eigenvalue weighted by Gasteiger charge is -2.43. The lowest BCUT2D eigenvalue weighted by molar-refractivity contribution is 0.0834. The highest BCUT2D eigenvalue weighted by Crippen LogP contribution is 2.45. The Bertz CT molecular complexity index is 509. The van der Waals surface area contributed by atoms with E-state index < -0.39 is 0 Å². The number of aromatic hydroxyl groups is 1. The summed E-state index contributed by atoms with van der Waals surface area (Å²) in [6.45, 7) is 4.28. The molecule has 1 aromatic carbocycles. The highest BCUT2D eigenvalue weighted by molar-refractivity contribution is 9.10. The van der Waals surface area contributed by atoms with E-state index in [0.29, 0.717) is 11.8 Å². The molecule has 0 amide bonds. The molecule has 0 bridgehead atoms. The van der Waals surface area contributed by atoms with Crippen LogP contribution >= 0.6 is 40.7 Å². The van der Waals surface area contributed by atoms with E-state index in [4.69, 9.17) is 4.74 Å². The van der Waals surface area contributed by atoms with Gasteiger partial charge in [0, 0.05) is 32.2 Å². The molecule has 1 saturated carbocycles. The first-order valence-corrected chi connectivity index (χ1v) is 8.51. The SMILES string of the molecule is COc1cc([C@H](C2CCC2)N2CCNCC2)cc(Br)c1O.Cl.Cl. The quantitative estimate of drug-likeness (QED) is 0.767. The Labute approximate surface area is 158 Å². The third-order valence-corrected chi connectivity index (χ3v) is 5.36. The molecular formula is C16H25BrCl2N2O2. The Morgan fingerprint density at radius 2 is 1.91 bits per heavy atom. The number of phenolic OH excluding ortho intramolecular Hbond substituents is 1. The van der Waals surface area contributed by atoms with Gasteiger partial charge in [-0.2, -0.15) is 0 Å². The first-order chi connectivity index (χ1) is 10.2. The number of rotatable bonds is 4. The average Bonchev–Trinajstić information content (AvgIpc) is 2.46. The number of hydrogen-bond donors (Lipinski definition) is 2. The Balaban J connectivity index is 0.00000132. The van der Waals surface area contributed by atoms with Crippen molar-refractivity contribution in [1.82, 2.24) is 10.2 Å². The summed E-state index contributed by atoms with van der Waals surface area (Å²) in [4.78, 5) is 2.58. The van der Waals surface area contributed by atoms with Crippen molar-refractivity contribution in [3.8, 4) is 11.5 Å². The van der Waals surface area contributed by atoms with Crippen molar-refractivity contribution in [2.24, 2.45) is 5.92 Å². The van der Waals surface area contributed by atoms with Gasteiger partial charge in [0.2, 0.25) is 0 Å². The Hall–Kier alpha value is -0.200. The zero-order chi connectivity index (χ0) is 14.8. The van der Waals surface area contributed by atoms with Crippen LogP contribution in [0.1, 0.15) is 30.9 Å². The topological polar surface area (TPSA) is 44.7 Å². The molecule has 1 atom stereocenters. The van der Waals surface area contributed by atoms with Crippen LogP contribution < -0.4 is 10.1 Å². The summed E-state index contributed by atoms with van der Waals surface area (Å²) in [6, 6.07) is 4.50. The summed E-state index contributed by atoms with van der Waals surface area (Å²) in [5.74, 6) is 1.47. The molecule has 1 heterocycles. The van der Waals surface area contributed by atoms with Crippen LogP contribution in [-0.2, 0) is 0 Å². The average molecular weight is 428 g/mol. The van der Waals surface area contributed by atoms with Crippen LogP contribution in [0.3, 0.4) is 0 Å². The van der Waals surface area contributed by atoms with Gasteiger partial charge in [0.25, 0.3) is 0 Å². The van der Waals surface area contributed by atoms with Gasteiger partial charge in [0.1, 0.15) is 0 Å². The van der Waals surface area contributed by atoms with E-state index in [0.717, 1.165) is 36.6 Å². The molecule has 132 valence electrons. The maximum absolute atomic E-state index is 10.0. The molecular weight excluding hydrogens is 403 g/mol. The van der Waals surface area contributed by atoms with Crippen LogP contribution in [0.2, 0.25) is 0 Å². The monoisotopic (exact) mass is 426 g/mol. The van der Waals surface area contributed by atoms with E-state index in [-0.39, 0.29) is 30.6 Å². The summed E-state index contributed by atoms with van der Waals surface area (Å²) in [5, 5.41) is 13.5. The molecule has 7 heteroatoms. The third-order valence-electron chi connectivity index (χ3n) is 4.75. The second kappa shape index (κ2) is 9.33. The van der Waals surface area contributed by atoms with E-state index >= 15 is 0 Å². The highest BCUT2D eigenvalue weighted by atomic mass is 79.9. The van der Waals surface area contributed by atoms with Gasteiger partial charge in [0.05, 0.1) is 11.6 Å². The van der Waals surface area contributed by atoms with Gasteiger partial charge in [-0.15, -0.1) is 24.8 Å². The molecule has 0 aromatic heterocycles. The number of nitrogens with zero attached hydrogens (tertiary/aromatic N) is 1. The smallest absolute Gasteiger partial charge is 0.172 e.